The van der Waals surface area contributed by atoms with Crippen LogP contribution in [0.25, 0.3) is 0 Å². The smallest absolute Gasteiger partial charge is 0.342 e. The zero-order chi connectivity index (χ0) is 24.3. The van der Waals surface area contributed by atoms with Crippen LogP contribution < -0.4 is 20.1 Å². The van der Waals surface area contributed by atoms with Gasteiger partial charge in [-0.05, 0) is 24.3 Å². The Balaban J connectivity index is 1.65. The Labute approximate surface area is 197 Å². The van der Waals surface area contributed by atoms with Crippen LogP contribution in [0.15, 0.2) is 47.0 Å². The molecule has 3 aliphatic heterocycles. The summed E-state index contributed by atoms with van der Waals surface area (Å²) in [5.74, 6) is -4.15. The molecule has 34 heavy (non-hydrogen) atoms. The van der Waals surface area contributed by atoms with E-state index < -0.39 is 40.8 Å². The number of ether oxygens (including phenoxy) is 3. The van der Waals surface area contributed by atoms with Crippen molar-refractivity contribution >= 4 is 41.2 Å². The number of carbonyl (C=O) groups is 4. The lowest BCUT2D eigenvalue weighted by Gasteiger charge is -2.36. The monoisotopic (exact) mass is 482 g/mol. The molecule has 5 rings (SSSR count). The summed E-state index contributed by atoms with van der Waals surface area (Å²) in [5, 5.41) is 9.01. The Morgan fingerprint density at radius 1 is 1.12 bits per heavy atom. The van der Waals surface area contributed by atoms with E-state index >= 15 is 0 Å². The van der Waals surface area contributed by atoms with Gasteiger partial charge >= 0.3 is 11.9 Å². The minimum atomic E-state index is -0.970. The second kappa shape index (κ2) is 7.80. The predicted molar refractivity (Wildman–Crippen MR) is 119 cm³/mol. The van der Waals surface area contributed by atoms with Gasteiger partial charge in [-0.15, -0.1) is 0 Å². The van der Waals surface area contributed by atoms with Crippen molar-refractivity contribution in [2.45, 2.75) is 11.2 Å². The summed E-state index contributed by atoms with van der Waals surface area (Å²) < 4.78 is 15.4. The third-order valence-electron chi connectivity index (χ3n) is 6.08. The van der Waals surface area contributed by atoms with Gasteiger partial charge in [-0.25, -0.2) is 14.5 Å². The Hall–Kier alpha value is -3.99. The summed E-state index contributed by atoms with van der Waals surface area (Å²) in [4.78, 5) is 53.1. The normalized spacial score (nSPS) is 23.2. The number of thioether (sulfide) groups is 1. The number of amides is 2. The molecular formula is C23H18N2O8S. The topological polar surface area (TPSA) is 145 Å². The Kier molecular flexibility index (Phi) is 5.01. The molecule has 11 heteroatoms. The number of hydrogen-bond acceptors (Lipinski definition) is 10. The predicted octanol–water partition coefficient (Wildman–Crippen LogP) is 1.67. The van der Waals surface area contributed by atoms with E-state index in [2.05, 4.69) is 0 Å². The van der Waals surface area contributed by atoms with Gasteiger partial charge in [0.05, 0.1) is 42.0 Å². The van der Waals surface area contributed by atoms with Crippen molar-refractivity contribution in [1.29, 1.82) is 0 Å². The Bertz CT molecular complexity index is 1320. The van der Waals surface area contributed by atoms with E-state index in [1.165, 1.54) is 44.6 Å². The fourth-order valence-electron chi connectivity index (χ4n) is 4.59. The number of hydrogen-bond donors (Lipinski definition) is 2. The summed E-state index contributed by atoms with van der Waals surface area (Å²) in [7, 11) is 2.60. The van der Waals surface area contributed by atoms with Gasteiger partial charge in [0, 0.05) is 17.5 Å². The van der Waals surface area contributed by atoms with Gasteiger partial charge < -0.3 is 25.1 Å². The fraction of sp³-hybridized carbons (Fsp3) is 0.217. The zero-order valence-corrected chi connectivity index (χ0v) is 18.8. The molecule has 0 bridgehead atoms. The summed E-state index contributed by atoms with van der Waals surface area (Å²) in [6, 6.07) is 8.50. The molecule has 3 aliphatic rings. The molecule has 2 aromatic carbocycles. The average Bonchev–Trinajstić information content (AvgIpc) is 3.06. The number of rotatable bonds is 3. The summed E-state index contributed by atoms with van der Waals surface area (Å²) in [6.07, 6.45) is 0. The lowest BCUT2D eigenvalue weighted by Crippen LogP contribution is -2.39. The molecule has 1 saturated heterocycles. The molecule has 0 radical (unpaired) electrons. The number of carbonyl (C=O) groups excluding carboxylic acids is 4. The second-order valence-corrected chi connectivity index (χ2v) is 9.00. The number of esters is 2. The highest BCUT2D eigenvalue weighted by Gasteiger charge is 2.59. The standard InChI is InChI=1S/C23H18N2O8S/c1-31-13-6-3-9(22(29)32-2)7-12(13)25-20(27)16-15-11-5-4-10(26)8-14(11)33-23(30)17(15)19(24)34-18(16)21(25)28/h3-8,15-16,18,26H,24H2,1-2H3/t15-,16+,18+/m0/s1. The Morgan fingerprint density at radius 3 is 2.59 bits per heavy atom. The lowest BCUT2D eigenvalue weighted by atomic mass is 9.77. The van der Waals surface area contributed by atoms with Crippen molar-refractivity contribution in [2.75, 3.05) is 19.1 Å². The highest BCUT2D eigenvalue weighted by Crippen LogP contribution is 2.55. The SMILES string of the molecule is COC(=O)c1ccc(OC)c(N2C(=O)[C@H]3[C@@H](SC(N)=C4C(=O)Oc5cc(O)ccc5[C@H]43)C2=O)c1. The van der Waals surface area contributed by atoms with E-state index in [9.17, 15) is 24.3 Å². The van der Waals surface area contributed by atoms with E-state index in [-0.39, 0.29) is 39.1 Å². The van der Waals surface area contributed by atoms with Crippen molar-refractivity contribution in [3.63, 3.8) is 0 Å². The minimum Gasteiger partial charge on any atom is -0.508 e. The maximum absolute atomic E-state index is 13.8. The van der Waals surface area contributed by atoms with Gasteiger partial charge in [-0.1, -0.05) is 17.8 Å². The van der Waals surface area contributed by atoms with Crippen molar-refractivity contribution in [3.8, 4) is 17.2 Å². The molecule has 0 aromatic heterocycles. The van der Waals surface area contributed by atoms with Crippen LogP contribution in [0.4, 0.5) is 5.69 Å². The van der Waals surface area contributed by atoms with Crippen LogP contribution in [-0.4, -0.2) is 48.3 Å². The van der Waals surface area contributed by atoms with Crippen LogP contribution in [-0.2, 0) is 19.1 Å². The summed E-state index contributed by atoms with van der Waals surface area (Å²) in [5.41, 5.74) is 6.95. The van der Waals surface area contributed by atoms with Gasteiger partial charge in [-0.3, -0.25) is 9.59 Å². The molecule has 2 aromatic rings. The van der Waals surface area contributed by atoms with Crippen LogP contribution in [0, 0.1) is 5.92 Å². The first-order valence-electron chi connectivity index (χ1n) is 10.1. The average molecular weight is 482 g/mol. The molecule has 1 fully saturated rings. The number of imide groups is 1. The zero-order valence-electron chi connectivity index (χ0n) is 17.9. The maximum atomic E-state index is 13.8. The number of aromatic hydroxyl groups is 1. The van der Waals surface area contributed by atoms with Crippen LogP contribution in [0.5, 0.6) is 17.2 Å². The number of anilines is 1. The van der Waals surface area contributed by atoms with Crippen molar-refractivity contribution < 1.29 is 38.5 Å². The van der Waals surface area contributed by atoms with Crippen LogP contribution in [0.1, 0.15) is 21.8 Å². The van der Waals surface area contributed by atoms with E-state index in [0.717, 1.165) is 16.7 Å². The maximum Gasteiger partial charge on any atom is 0.342 e. The molecule has 3 N–H and O–H groups in total. The molecule has 0 unspecified atom stereocenters. The quantitative estimate of drug-likeness (QED) is 0.376. The number of phenols is 1. The molecule has 2 amide bonds. The molecule has 0 aliphatic carbocycles. The van der Waals surface area contributed by atoms with Gasteiger partial charge in [0.2, 0.25) is 11.8 Å². The number of nitrogens with zero attached hydrogens (tertiary/aromatic N) is 1. The van der Waals surface area contributed by atoms with E-state index in [0.29, 0.717) is 5.56 Å². The molecule has 0 spiro atoms. The van der Waals surface area contributed by atoms with Gasteiger partial charge in [0.1, 0.15) is 22.5 Å². The van der Waals surface area contributed by atoms with Crippen molar-refractivity contribution in [1.82, 2.24) is 0 Å². The Morgan fingerprint density at radius 2 is 1.88 bits per heavy atom. The van der Waals surface area contributed by atoms with Crippen LogP contribution in [0.3, 0.4) is 0 Å². The summed E-state index contributed by atoms with van der Waals surface area (Å²) >= 11 is 0.926. The lowest BCUT2D eigenvalue weighted by molar-refractivity contribution is -0.131. The molecule has 3 atom stereocenters. The minimum absolute atomic E-state index is 0.0832. The number of nitrogens with two attached hydrogens (primary N) is 1. The highest BCUT2D eigenvalue weighted by atomic mass is 32.2. The van der Waals surface area contributed by atoms with Crippen LogP contribution in [0.2, 0.25) is 0 Å². The fourth-order valence-corrected chi connectivity index (χ4v) is 5.83. The second-order valence-electron chi connectivity index (χ2n) is 7.82. The number of methoxy groups -OCH3 is 2. The number of fused-ring (bicyclic) bond motifs is 5. The third-order valence-corrected chi connectivity index (χ3v) is 7.30. The van der Waals surface area contributed by atoms with Gasteiger partial charge in [-0.2, -0.15) is 0 Å². The largest absolute Gasteiger partial charge is 0.508 e. The molecule has 174 valence electrons. The molecule has 3 heterocycles. The van der Waals surface area contributed by atoms with E-state index in [4.69, 9.17) is 19.9 Å². The van der Waals surface area contributed by atoms with Crippen LogP contribution >= 0.6 is 11.8 Å². The molecular weight excluding hydrogens is 464 g/mol. The van der Waals surface area contributed by atoms with Gasteiger partial charge in [0.15, 0.2) is 0 Å². The first-order chi connectivity index (χ1) is 16.3. The molecule has 0 saturated carbocycles. The van der Waals surface area contributed by atoms with Crippen molar-refractivity contribution in [3.05, 3.63) is 58.1 Å². The summed E-state index contributed by atoms with van der Waals surface area (Å²) in [6.45, 7) is 0. The first-order valence-corrected chi connectivity index (χ1v) is 11.0. The van der Waals surface area contributed by atoms with E-state index in [1.807, 2.05) is 0 Å². The van der Waals surface area contributed by atoms with E-state index in [1.54, 1.807) is 6.07 Å². The first kappa shape index (κ1) is 21.8. The van der Waals surface area contributed by atoms with Crippen molar-refractivity contribution in [2.24, 2.45) is 11.7 Å². The van der Waals surface area contributed by atoms with Gasteiger partial charge in [0.25, 0.3) is 0 Å². The third kappa shape index (κ3) is 3.04. The number of phenolic OH excluding ortho intramolecular Hbond substituents is 1. The molecule has 10 nitrogen and oxygen atoms in total. The number of benzene rings is 2. The highest BCUT2D eigenvalue weighted by molar-refractivity contribution is 8.04.